The average Bonchev–Trinajstić information content (AvgIpc) is 3.15. The Morgan fingerprint density at radius 1 is 1.41 bits per heavy atom. The molecule has 0 spiro atoms. The highest BCUT2D eigenvalue weighted by molar-refractivity contribution is 7.14. The topological polar surface area (TPSA) is 157 Å². The van der Waals surface area contributed by atoms with E-state index >= 15 is 0 Å². The van der Waals surface area contributed by atoms with Gasteiger partial charge < -0.3 is 30.3 Å². The summed E-state index contributed by atoms with van der Waals surface area (Å²) in [5.74, 6) is -2.59. The fourth-order valence-corrected chi connectivity index (χ4v) is 2.87. The SMILES string of the molecule is CCOC(=O)CO[C@H]1NC(=O)[C@H]1NC(=O)C(=NOC)c1csc(NC(=O)CCl)n1. The minimum atomic E-state index is -1.05. The Bertz CT molecular complexity index is 815. The number of hydrogen-bond acceptors (Lipinski definition) is 10. The normalized spacial score (nSPS) is 18.3. The number of thiazole rings is 1. The van der Waals surface area contributed by atoms with Gasteiger partial charge in [-0.05, 0) is 6.92 Å². The second-order valence-electron chi connectivity index (χ2n) is 5.34. The molecular weight excluding hydrogens is 430 g/mol. The van der Waals surface area contributed by atoms with Gasteiger partial charge in [0.2, 0.25) is 11.8 Å². The zero-order chi connectivity index (χ0) is 21.4. The summed E-state index contributed by atoms with van der Waals surface area (Å²) in [6.45, 7) is 1.45. The highest BCUT2D eigenvalue weighted by Crippen LogP contribution is 2.17. The molecule has 2 atom stereocenters. The number of nitrogens with zero attached hydrogens (tertiary/aromatic N) is 2. The number of amides is 3. The molecule has 1 saturated heterocycles. The van der Waals surface area contributed by atoms with Crippen LogP contribution in [0.5, 0.6) is 0 Å². The summed E-state index contributed by atoms with van der Waals surface area (Å²) in [7, 11) is 1.23. The van der Waals surface area contributed by atoms with Gasteiger partial charge in [0.05, 0.1) is 6.61 Å². The van der Waals surface area contributed by atoms with Crippen molar-refractivity contribution >= 4 is 57.5 Å². The standard InChI is InChI=1S/C15H18ClN5O7S/c1-3-27-9(23)5-28-14-11(13(25)20-14)19-12(24)10(21-26-2)7-6-29-15(17-7)18-8(22)4-16/h6,11,14H,3-5H2,1-2H3,(H,19,24)(H,20,25)(H,17,18,22)/t11-,14-/m1/s1. The van der Waals surface area contributed by atoms with E-state index in [1.165, 1.54) is 12.5 Å². The van der Waals surface area contributed by atoms with Crippen molar-refractivity contribution in [1.29, 1.82) is 0 Å². The van der Waals surface area contributed by atoms with Crippen LogP contribution in [0.15, 0.2) is 10.5 Å². The predicted molar refractivity (Wildman–Crippen MR) is 101 cm³/mol. The van der Waals surface area contributed by atoms with Gasteiger partial charge in [0.25, 0.3) is 5.91 Å². The van der Waals surface area contributed by atoms with E-state index in [9.17, 15) is 19.2 Å². The monoisotopic (exact) mass is 447 g/mol. The van der Waals surface area contributed by atoms with Gasteiger partial charge in [0, 0.05) is 5.38 Å². The van der Waals surface area contributed by atoms with Gasteiger partial charge in [-0.1, -0.05) is 5.16 Å². The predicted octanol–water partition coefficient (Wildman–Crippen LogP) is -0.809. The quantitative estimate of drug-likeness (QED) is 0.138. The van der Waals surface area contributed by atoms with Gasteiger partial charge >= 0.3 is 5.97 Å². The van der Waals surface area contributed by atoms with E-state index in [0.717, 1.165) is 11.3 Å². The molecule has 0 bridgehead atoms. The molecule has 0 aromatic carbocycles. The molecule has 12 nitrogen and oxygen atoms in total. The Balaban J connectivity index is 2.02. The van der Waals surface area contributed by atoms with E-state index < -0.39 is 36.0 Å². The van der Waals surface area contributed by atoms with Crippen LogP contribution in [0.4, 0.5) is 5.13 Å². The first-order valence-electron chi connectivity index (χ1n) is 8.20. The number of carbonyl (C=O) groups excluding carboxylic acids is 4. The summed E-state index contributed by atoms with van der Waals surface area (Å²) in [6, 6.07) is -1.05. The minimum absolute atomic E-state index is 0.114. The van der Waals surface area contributed by atoms with Gasteiger partial charge in [-0.3, -0.25) is 14.4 Å². The van der Waals surface area contributed by atoms with Crippen LogP contribution in [0.2, 0.25) is 0 Å². The van der Waals surface area contributed by atoms with E-state index in [0.29, 0.717) is 0 Å². The number of aromatic nitrogens is 1. The van der Waals surface area contributed by atoms with Crippen LogP contribution in [0.1, 0.15) is 12.6 Å². The van der Waals surface area contributed by atoms with Gasteiger partial charge in [-0.15, -0.1) is 22.9 Å². The maximum absolute atomic E-state index is 12.6. The highest BCUT2D eigenvalue weighted by Gasteiger charge is 2.42. The Labute approximate surface area is 173 Å². The van der Waals surface area contributed by atoms with E-state index in [1.807, 2.05) is 0 Å². The smallest absolute Gasteiger partial charge is 0.332 e. The van der Waals surface area contributed by atoms with Crippen molar-refractivity contribution in [3.8, 4) is 0 Å². The molecule has 1 aliphatic heterocycles. The number of esters is 1. The van der Waals surface area contributed by atoms with Crippen molar-refractivity contribution in [2.24, 2.45) is 5.16 Å². The molecule has 2 rings (SSSR count). The third kappa shape index (κ3) is 6.10. The van der Waals surface area contributed by atoms with Crippen LogP contribution in [0.25, 0.3) is 0 Å². The van der Waals surface area contributed by atoms with Crippen molar-refractivity contribution in [1.82, 2.24) is 15.6 Å². The fraction of sp³-hybridized carbons (Fsp3) is 0.467. The van der Waals surface area contributed by atoms with Crippen LogP contribution in [0, 0.1) is 0 Å². The molecule has 1 aliphatic rings. The van der Waals surface area contributed by atoms with E-state index in [4.69, 9.17) is 21.1 Å². The van der Waals surface area contributed by atoms with Crippen molar-refractivity contribution in [3.63, 3.8) is 0 Å². The lowest BCUT2D eigenvalue weighted by molar-refractivity contribution is -0.162. The first-order chi connectivity index (χ1) is 13.9. The molecule has 0 saturated carbocycles. The number of carbonyl (C=O) groups is 4. The second-order valence-corrected chi connectivity index (χ2v) is 6.46. The summed E-state index contributed by atoms with van der Waals surface area (Å²) in [6.07, 6.45) is -0.909. The summed E-state index contributed by atoms with van der Waals surface area (Å²) < 4.78 is 9.94. The summed E-state index contributed by atoms with van der Waals surface area (Å²) in [4.78, 5) is 55.7. The van der Waals surface area contributed by atoms with Gasteiger partial charge in [-0.25, -0.2) is 9.78 Å². The Morgan fingerprint density at radius 3 is 2.79 bits per heavy atom. The zero-order valence-electron chi connectivity index (χ0n) is 15.4. The van der Waals surface area contributed by atoms with Crippen LogP contribution in [-0.4, -0.2) is 72.9 Å². The number of β-lactam (4-membered cyclic amide) rings is 1. The molecule has 2 heterocycles. The number of alkyl halides is 1. The zero-order valence-corrected chi connectivity index (χ0v) is 17.0. The molecule has 0 aliphatic carbocycles. The molecule has 1 aromatic heterocycles. The van der Waals surface area contributed by atoms with Gasteiger partial charge in [0.15, 0.2) is 23.1 Å². The van der Waals surface area contributed by atoms with Crippen molar-refractivity contribution in [3.05, 3.63) is 11.1 Å². The Kier molecular flexibility index (Phi) is 8.30. The number of hydrogen-bond donors (Lipinski definition) is 3. The number of ether oxygens (including phenoxy) is 2. The molecule has 1 aromatic rings. The number of anilines is 1. The molecule has 3 N–H and O–H groups in total. The highest BCUT2D eigenvalue weighted by atomic mass is 35.5. The summed E-state index contributed by atoms with van der Waals surface area (Å²) in [5, 5.41) is 12.6. The number of oxime groups is 1. The average molecular weight is 448 g/mol. The van der Waals surface area contributed by atoms with Gasteiger partial charge in [0.1, 0.15) is 25.3 Å². The summed E-state index contributed by atoms with van der Waals surface area (Å²) >= 11 is 6.47. The lowest BCUT2D eigenvalue weighted by Crippen LogP contribution is -2.70. The lowest BCUT2D eigenvalue weighted by Gasteiger charge is -2.36. The van der Waals surface area contributed by atoms with E-state index in [2.05, 4.69) is 30.9 Å². The number of rotatable bonds is 10. The maximum atomic E-state index is 12.6. The molecule has 1 fully saturated rings. The van der Waals surface area contributed by atoms with Gasteiger partial charge in [-0.2, -0.15) is 0 Å². The summed E-state index contributed by atoms with van der Waals surface area (Å²) in [5.41, 5.74) is -0.109. The first-order valence-corrected chi connectivity index (χ1v) is 9.62. The number of nitrogens with one attached hydrogen (secondary N) is 3. The molecule has 3 amide bonds. The van der Waals surface area contributed by atoms with Crippen LogP contribution in [0.3, 0.4) is 0 Å². The van der Waals surface area contributed by atoms with Crippen molar-refractivity contribution in [2.45, 2.75) is 19.2 Å². The van der Waals surface area contributed by atoms with Crippen LogP contribution < -0.4 is 16.0 Å². The second kappa shape index (κ2) is 10.7. The van der Waals surface area contributed by atoms with Crippen molar-refractivity contribution < 1.29 is 33.5 Å². The van der Waals surface area contributed by atoms with Crippen LogP contribution >= 0.6 is 22.9 Å². The molecule has 14 heteroatoms. The Hall–Kier alpha value is -2.77. The van der Waals surface area contributed by atoms with E-state index in [-0.39, 0.29) is 35.6 Å². The maximum Gasteiger partial charge on any atom is 0.332 e. The van der Waals surface area contributed by atoms with E-state index in [1.54, 1.807) is 6.92 Å². The van der Waals surface area contributed by atoms with Crippen LogP contribution in [-0.2, 0) is 33.5 Å². The number of halogens is 1. The molecule has 29 heavy (non-hydrogen) atoms. The molecule has 0 radical (unpaired) electrons. The Morgan fingerprint density at radius 2 is 2.17 bits per heavy atom. The van der Waals surface area contributed by atoms with Crippen molar-refractivity contribution in [2.75, 3.05) is 31.5 Å². The fourth-order valence-electron chi connectivity index (χ4n) is 2.09. The molecular formula is C15H18ClN5O7S. The minimum Gasteiger partial charge on any atom is -0.464 e. The third-order valence-electron chi connectivity index (χ3n) is 3.35. The first kappa shape index (κ1) is 22.5. The largest absolute Gasteiger partial charge is 0.464 e. The lowest BCUT2D eigenvalue weighted by atomic mass is 10.1. The third-order valence-corrected chi connectivity index (χ3v) is 4.36. The molecule has 0 unspecified atom stereocenters. The molecule has 158 valence electrons.